The molecule has 3 rings (SSSR count). The molecule has 2 aliphatic rings. The molecule has 2 amide bonds. The molecule has 0 unspecified atom stereocenters. The molecule has 0 N–H and O–H groups in total. The van der Waals surface area contributed by atoms with E-state index in [1.165, 1.54) is 18.2 Å². The van der Waals surface area contributed by atoms with E-state index in [4.69, 9.17) is 0 Å². The third-order valence-electron chi connectivity index (χ3n) is 2.49. The van der Waals surface area contributed by atoms with Gasteiger partial charge >= 0.3 is 17.1 Å². The van der Waals surface area contributed by atoms with Crippen molar-refractivity contribution < 1.29 is 26.3 Å². The van der Waals surface area contributed by atoms with Crippen LogP contribution in [0.4, 0.5) is 14.9 Å². The molecule has 1 aromatic carbocycles. The van der Waals surface area contributed by atoms with Crippen molar-refractivity contribution in [3.05, 3.63) is 105 Å². The molecule has 22 heavy (non-hydrogen) atoms. The van der Waals surface area contributed by atoms with Gasteiger partial charge in [0.1, 0.15) is 5.82 Å². The Labute approximate surface area is 142 Å². The van der Waals surface area contributed by atoms with Gasteiger partial charge in [-0.05, 0) is 69.9 Å². The first-order valence-electron chi connectivity index (χ1n) is 6.36. The zero-order valence-electron chi connectivity index (χ0n) is 11.5. The zero-order chi connectivity index (χ0) is 14.9. The first kappa shape index (κ1) is 19.0. The van der Waals surface area contributed by atoms with Crippen LogP contribution in [0.25, 0.3) is 10.6 Å². The fourth-order valence-corrected chi connectivity index (χ4v) is 1.54. The number of para-hydroxylation sites is 1. The number of hydrogen-bond acceptors (Lipinski definition) is 1. The molecule has 0 heterocycles. The molecule has 112 valence electrons. The molecule has 0 atom stereocenters. The Morgan fingerprint density at radius 3 is 1.91 bits per heavy atom. The van der Waals surface area contributed by atoms with Gasteiger partial charge in [-0.1, -0.05) is 23.9 Å². The monoisotopic (exact) mass is 336 g/mol. The van der Waals surface area contributed by atoms with Crippen molar-refractivity contribution >= 4 is 11.7 Å². The summed E-state index contributed by atoms with van der Waals surface area (Å²) in [5.41, 5.74) is 0.00260. The standard InChI is InChI=1S/C12H9FN2O.C5H5.Fe/c13-10-7-3-4-8-11(10)15-12(16)14-9-5-1-2-6-9;1-2-4-5-3-1;/h1-8H,(H-,14,15,16);1-5H;/q-1;;+2/p-1. The van der Waals surface area contributed by atoms with Gasteiger partial charge in [0.25, 0.3) is 0 Å². The minimum absolute atomic E-state index is 0. The molecular weight excluding hydrogens is 323 g/mol. The number of carbonyl (C=O) groups excluding carboxylic acids is 1. The van der Waals surface area contributed by atoms with Crippen molar-refractivity contribution in [3.8, 4) is 0 Å². The van der Waals surface area contributed by atoms with Gasteiger partial charge in [-0.15, -0.1) is 6.04 Å². The molecule has 3 nitrogen and oxygen atoms in total. The number of benzene rings is 1. The van der Waals surface area contributed by atoms with E-state index in [9.17, 15) is 9.18 Å². The van der Waals surface area contributed by atoms with Crippen LogP contribution in [0.15, 0.2) is 24.3 Å². The van der Waals surface area contributed by atoms with E-state index >= 15 is 0 Å². The first-order chi connectivity index (χ1) is 10.3. The molecule has 10 radical (unpaired) electrons. The van der Waals surface area contributed by atoms with Gasteiger partial charge in [0, 0.05) is 0 Å². The molecule has 0 spiro atoms. The van der Waals surface area contributed by atoms with Gasteiger partial charge < -0.3 is 15.4 Å². The summed E-state index contributed by atoms with van der Waals surface area (Å²) in [5, 5.41) is 7.24. The summed E-state index contributed by atoms with van der Waals surface area (Å²) >= 11 is 0. The normalized spacial score (nSPS) is 17.1. The molecule has 2 saturated carbocycles. The van der Waals surface area contributed by atoms with Gasteiger partial charge in [0.2, 0.25) is 0 Å². The Morgan fingerprint density at radius 1 is 0.818 bits per heavy atom. The van der Waals surface area contributed by atoms with Gasteiger partial charge in [-0.2, -0.15) is 0 Å². The predicted octanol–water partition coefficient (Wildman–Crippen LogP) is 4.71. The van der Waals surface area contributed by atoms with Gasteiger partial charge in [0.15, 0.2) is 0 Å². The van der Waals surface area contributed by atoms with Crippen LogP contribution in [-0.4, -0.2) is 6.03 Å². The quantitative estimate of drug-likeness (QED) is 0.722. The average Bonchev–Trinajstić information content (AvgIpc) is 3.16. The summed E-state index contributed by atoms with van der Waals surface area (Å²) in [4.78, 5) is 11.3. The summed E-state index contributed by atoms with van der Waals surface area (Å²) in [5.74, 6) is -0.534. The summed E-state index contributed by atoms with van der Waals surface area (Å²) in [6.45, 7) is 0. The number of amides is 2. The van der Waals surface area contributed by atoms with Crippen LogP contribution in [0.2, 0.25) is 0 Å². The van der Waals surface area contributed by atoms with E-state index in [1.54, 1.807) is 31.7 Å². The minimum atomic E-state index is -0.712. The third-order valence-corrected chi connectivity index (χ3v) is 2.49. The van der Waals surface area contributed by atoms with Crippen molar-refractivity contribution in [2.24, 2.45) is 0 Å². The molecule has 0 saturated heterocycles. The summed E-state index contributed by atoms with van der Waals surface area (Å²) < 4.78 is 13.1. The van der Waals surface area contributed by atoms with Crippen molar-refractivity contribution in [1.29, 1.82) is 0 Å². The van der Waals surface area contributed by atoms with E-state index < -0.39 is 11.8 Å². The SMILES string of the molecule is O=C([N-][C]1[CH][CH][CH][CH]1)[N-]c1ccccc1F.[CH]1[CH][CH][CH][CH]1.[Fe+2]. The smallest absolute Gasteiger partial charge is 0.664 e. The number of rotatable bonds is 2. The number of halogens is 1. The number of carbonyl (C=O) groups is 1. The van der Waals surface area contributed by atoms with Gasteiger partial charge in [-0.25, -0.2) is 4.39 Å². The second-order valence-electron chi connectivity index (χ2n) is 4.06. The molecule has 2 aliphatic carbocycles. The van der Waals surface area contributed by atoms with Crippen LogP contribution in [0.1, 0.15) is 0 Å². The van der Waals surface area contributed by atoms with E-state index in [1.807, 2.05) is 32.1 Å². The summed E-state index contributed by atoms with van der Waals surface area (Å²) in [6.07, 6.45) is 16.9. The molecule has 0 aromatic heterocycles. The van der Waals surface area contributed by atoms with Crippen LogP contribution in [0.3, 0.4) is 0 Å². The molecule has 0 aliphatic heterocycles. The van der Waals surface area contributed by atoms with Gasteiger partial charge in [-0.3, -0.25) is 0 Å². The van der Waals surface area contributed by atoms with Crippen molar-refractivity contribution in [3.63, 3.8) is 0 Å². The Morgan fingerprint density at radius 2 is 1.36 bits per heavy atom. The van der Waals surface area contributed by atoms with Crippen LogP contribution < -0.4 is 0 Å². The van der Waals surface area contributed by atoms with Gasteiger partial charge in [0.05, 0.1) is 0 Å². The topological polar surface area (TPSA) is 45.3 Å². The molecule has 5 heteroatoms. The predicted molar refractivity (Wildman–Crippen MR) is 80.1 cm³/mol. The Kier molecular flexibility index (Phi) is 9.17. The number of urea groups is 1. The molecule has 0 bridgehead atoms. The van der Waals surface area contributed by atoms with Crippen LogP contribution in [0, 0.1) is 69.6 Å². The van der Waals surface area contributed by atoms with Crippen LogP contribution >= 0.6 is 0 Å². The summed E-state index contributed by atoms with van der Waals surface area (Å²) in [7, 11) is 0. The fourth-order valence-electron chi connectivity index (χ4n) is 1.54. The van der Waals surface area contributed by atoms with Crippen LogP contribution in [0.5, 0.6) is 0 Å². The van der Waals surface area contributed by atoms with E-state index in [2.05, 4.69) is 10.6 Å². The maximum Gasteiger partial charge on any atom is 2.00 e. The third kappa shape index (κ3) is 6.80. The largest absolute Gasteiger partial charge is 2.00 e. The molecule has 2 fully saturated rings. The summed E-state index contributed by atoms with van der Waals surface area (Å²) in [6, 6.07) is 5.62. The van der Waals surface area contributed by atoms with Crippen molar-refractivity contribution in [1.82, 2.24) is 0 Å². The maximum atomic E-state index is 13.1. The zero-order valence-corrected chi connectivity index (χ0v) is 12.6. The maximum absolute atomic E-state index is 13.1. The fraction of sp³-hybridized carbons (Fsp3) is 0. The molecular formula is C17H13FFeN2O. The van der Waals surface area contributed by atoms with E-state index in [-0.39, 0.29) is 22.8 Å². The Balaban J connectivity index is 0.000000344. The second-order valence-corrected chi connectivity index (χ2v) is 4.06. The second kappa shape index (κ2) is 10.6. The average molecular weight is 336 g/mol. The van der Waals surface area contributed by atoms with Crippen molar-refractivity contribution in [2.75, 3.05) is 0 Å². The first-order valence-corrected chi connectivity index (χ1v) is 6.36. The van der Waals surface area contributed by atoms with Crippen LogP contribution in [-0.2, 0) is 17.1 Å². The van der Waals surface area contributed by atoms with Crippen molar-refractivity contribution in [2.45, 2.75) is 0 Å². The number of nitrogens with zero attached hydrogens (tertiary/aromatic N) is 2. The Bertz CT molecular complexity index is 438. The molecule has 1 aromatic rings. The van der Waals surface area contributed by atoms with E-state index in [0.29, 0.717) is 6.04 Å². The minimum Gasteiger partial charge on any atom is -0.664 e. The Hall–Kier alpha value is -1.06. The number of hydrogen-bond donors (Lipinski definition) is 0. The van der Waals surface area contributed by atoms with E-state index in [0.717, 1.165) is 0 Å².